The van der Waals surface area contributed by atoms with E-state index in [1.54, 1.807) is 0 Å². The van der Waals surface area contributed by atoms with Gasteiger partial charge in [0.05, 0.1) is 17.6 Å². The van der Waals surface area contributed by atoms with E-state index >= 15 is 0 Å². The van der Waals surface area contributed by atoms with Gasteiger partial charge in [-0.15, -0.1) is 0 Å². The topological polar surface area (TPSA) is 214 Å². The third-order valence-electron chi connectivity index (χ3n) is 4.49. The quantitative estimate of drug-likeness (QED) is 0.179. The minimum Gasteiger partial charge on any atom is -0.394 e. The first-order chi connectivity index (χ1) is 14.4. The minimum absolute atomic E-state index is 0.00359. The molecule has 1 fully saturated rings. The molecular weight excluding hydrogens is 436 g/mol. The Morgan fingerprint density at radius 3 is 2.29 bits per heavy atom. The molecular formula is C17H24N4O9S. The van der Waals surface area contributed by atoms with Crippen molar-refractivity contribution in [1.29, 1.82) is 0 Å². The summed E-state index contributed by atoms with van der Waals surface area (Å²) in [7, 11) is -3.46. The standard InChI is InChI=1S/C17H24N4O9S/c1-31(29,30)9-4-2-8(3-5-9)15(26)19-12-14(20-17(28)21-16(12)27)18-6-10(23)13(25)11(24)7-22/h2-5,10-14,18,22-25H,6-7H2,1H3,(H,19,26)(H2,20,21,27,28)/t10?,11?,12?,13-,14?/m0/s1. The first-order valence-corrected chi connectivity index (χ1v) is 10.9. The minimum atomic E-state index is -3.46. The molecule has 1 heterocycles. The van der Waals surface area contributed by atoms with Gasteiger partial charge in [0.15, 0.2) is 9.84 Å². The van der Waals surface area contributed by atoms with Crippen LogP contribution in [0, 0.1) is 0 Å². The molecule has 1 saturated heterocycles. The number of aliphatic hydroxyl groups excluding tert-OH is 4. The molecule has 2 rings (SSSR count). The Morgan fingerprint density at radius 2 is 1.74 bits per heavy atom. The molecule has 0 radical (unpaired) electrons. The van der Waals surface area contributed by atoms with Crippen molar-refractivity contribution in [2.24, 2.45) is 0 Å². The van der Waals surface area contributed by atoms with Crippen LogP contribution in [0.15, 0.2) is 29.2 Å². The Labute approximate surface area is 177 Å². The van der Waals surface area contributed by atoms with Crippen molar-refractivity contribution in [1.82, 2.24) is 21.3 Å². The number of rotatable bonds is 9. The van der Waals surface area contributed by atoms with Crippen LogP contribution < -0.4 is 21.3 Å². The van der Waals surface area contributed by atoms with E-state index < -0.39 is 71.4 Å². The number of carbonyl (C=O) groups excluding carboxylic acids is 3. The number of imide groups is 1. The molecule has 0 aliphatic carbocycles. The molecule has 8 N–H and O–H groups in total. The molecule has 4 amide bonds. The number of nitrogens with one attached hydrogen (secondary N) is 4. The van der Waals surface area contributed by atoms with Crippen molar-refractivity contribution in [3.63, 3.8) is 0 Å². The summed E-state index contributed by atoms with van der Waals surface area (Å²) in [6, 6.07) is 2.77. The number of aliphatic hydroxyl groups is 4. The molecule has 0 bridgehead atoms. The van der Waals surface area contributed by atoms with Crippen molar-refractivity contribution in [2.75, 3.05) is 19.4 Å². The fourth-order valence-corrected chi connectivity index (χ4v) is 3.36. The largest absolute Gasteiger partial charge is 0.394 e. The van der Waals surface area contributed by atoms with E-state index in [9.17, 15) is 38.1 Å². The highest BCUT2D eigenvalue weighted by atomic mass is 32.2. The molecule has 172 valence electrons. The lowest BCUT2D eigenvalue weighted by Crippen LogP contribution is -2.71. The fourth-order valence-electron chi connectivity index (χ4n) is 2.73. The van der Waals surface area contributed by atoms with Crippen LogP contribution in [-0.4, -0.2) is 96.6 Å². The monoisotopic (exact) mass is 460 g/mol. The average Bonchev–Trinajstić information content (AvgIpc) is 2.72. The summed E-state index contributed by atoms with van der Waals surface area (Å²) in [5, 5.41) is 47.0. The number of carbonyl (C=O) groups is 3. The third kappa shape index (κ3) is 6.43. The lowest BCUT2D eigenvalue weighted by atomic mass is 10.1. The lowest BCUT2D eigenvalue weighted by molar-refractivity contribution is -0.123. The average molecular weight is 460 g/mol. The molecule has 0 spiro atoms. The van der Waals surface area contributed by atoms with Gasteiger partial charge in [0.1, 0.15) is 24.4 Å². The van der Waals surface area contributed by atoms with E-state index in [1.807, 2.05) is 5.32 Å². The van der Waals surface area contributed by atoms with Gasteiger partial charge in [-0.3, -0.25) is 20.2 Å². The van der Waals surface area contributed by atoms with Crippen LogP contribution in [0.5, 0.6) is 0 Å². The summed E-state index contributed by atoms with van der Waals surface area (Å²) in [6.45, 7) is -1.20. The van der Waals surface area contributed by atoms with Gasteiger partial charge in [0.25, 0.3) is 11.8 Å². The highest BCUT2D eigenvalue weighted by molar-refractivity contribution is 7.90. The van der Waals surface area contributed by atoms with Gasteiger partial charge >= 0.3 is 6.03 Å². The summed E-state index contributed by atoms with van der Waals surface area (Å²) in [6.07, 6.45) is -5.05. The predicted molar refractivity (Wildman–Crippen MR) is 104 cm³/mol. The van der Waals surface area contributed by atoms with E-state index in [0.29, 0.717) is 0 Å². The van der Waals surface area contributed by atoms with Crippen LogP contribution >= 0.6 is 0 Å². The Balaban J connectivity index is 2.09. The van der Waals surface area contributed by atoms with Crippen molar-refractivity contribution < 1.29 is 43.2 Å². The first kappa shape index (κ1) is 24.6. The molecule has 1 aliphatic rings. The number of sulfone groups is 1. The second-order valence-corrected chi connectivity index (χ2v) is 8.92. The van der Waals surface area contributed by atoms with Gasteiger partial charge in [-0.1, -0.05) is 0 Å². The van der Waals surface area contributed by atoms with Crippen LogP contribution in [0.3, 0.4) is 0 Å². The van der Waals surface area contributed by atoms with Crippen LogP contribution in [0.25, 0.3) is 0 Å². The van der Waals surface area contributed by atoms with Gasteiger partial charge < -0.3 is 31.1 Å². The van der Waals surface area contributed by atoms with Gasteiger partial charge in [0, 0.05) is 18.4 Å². The molecule has 1 aromatic rings. The van der Waals surface area contributed by atoms with E-state index in [0.717, 1.165) is 6.26 Å². The number of urea groups is 1. The highest BCUT2D eigenvalue weighted by Gasteiger charge is 2.37. The molecule has 4 unspecified atom stereocenters. The van der Waals surface area contributed by atoms with Gasteiger partial charge in [-0.05, 0) is 24.3 Å². The van der Waals surface area contributed by atoms with Crippen LogP contribution in [0.2, 0.25) is 0 Å². The van der Waals surface area contributed by atoms with Crippen molar-refractivity contribution >= 4 is 27.7 Å². The molecule has 31 heavy (non-hydrogen) atoms. The summed E-state index contributed by atoms with van der Waals surface area (Å²) < 4.78 is 23.0. The van der Waals surface area contributed by atoms with Gasteiger partial charge in [0.2, 0.25) is 0 Å². The van der Waals surface area contributed by atoms with E-state index in [1.165, 1.54) is 24.3 Å². The van der Waals surface area contributed by atoms with E-state index in [-0.39, 0.29) is 10.5 Å². The zero-order chi connectivity index (χ0) is 23.3. The number of hydrogen-bond donors (Lipinski definition) is 8. The van der Waals surface area contributed by atoms with Crippen LogP contribution in [-0.2, 0) is 14.6 Å². The van der Waals surface area contributed by atoms with Crippen molar-refractivity contribution in [3.8, 4) is 0 Å². The maximum absolute atomic E-state index is 12.5. The highest BCUT2D eigenvalue weighted by Crippen LogP contribution is 2.11. The summed E-state index contributed by atoms with van der Waals surface area (Å²) in [5.74, 6) is -1.59. The molecule has 13 nitrogen and oxygen atoms in total. The molecule has 14 heteroatoms. The van der Waals surface area contributed by atoms with Crippen molar-refractivity contribution in [3.05, 3.63) is 29.8 Å². The number of amides is 4. The van der Waals surface area contributed by atoms with E-state index in [2.05, 4.69) is 16.0 Å². The molecule has 5 atom stereocenters. The summed E-state index contributed by atoms with van der Waals surface area (Å²) in [4.78, 5) is 36.3. The maximum Gasteiger partial charge on any atom is 0.322 e. The second kappa shape index (κ2) is 10.1. The Kier molecular flexibility index (Phi) is 8.05. The summed E-state index contributed by atoms with van der Waals surface area (Å²) in [5.41, 5.74) is 0.0531. The Morgan fingerprint density at radius 1 is 1.13 bits per heavy atom. The zero-order valence-electron chi connectivity index (χ0n) is 16.3. The second-order valence-electron chi connectivity index (χ2n) is 6.90. The van der Waals surface area contributed by atoms with Crippen molar-refractivity contribution in [2.45, 2.75) is 35.4 Å². The maximum atomic E-state index is 12.5. The van der Waals surface area contributed by atoms with Crippen LogP contribution in [0.4, 0.5) is 4.79 Å². The number of benzene rings is 1. The first-order valence-electron chi connectivity index (χ1n) is 9.05. The lowest BCUT2D eigenvalue weighted by Gasteiger charge is -2.33. The third-order valence-corrected chi connectivity index (χ3v) is 5.62. The molecule has 0 saturated carbocycles. The summed E-state index contributed by atoms with van der Waals surface area (Å²) >= 11 is 0. The van der Waals surface area contributed by atoms with Gasteiger partial charge in [-0.25, -0.2) is 13.2 Å². The molecule has 0 aromatic heterocycles. The smallest absolute Gasteiger partial charge is 0.322 e. The SMILES string of the molecule is CS(=O)(=O)c1ccc(C(=O)NC2C(=O)NC(=O)NC2NCC(O)[C@H](O)C(O)CO)cc1. The Bertz CT molecular complexity index is 922. The molecule has 1 aromatic carbocycles. The van der Waals surface area contributed by atoms with Gasteiger partial charge in [-0.2, -0.15) is 0 Å². The zero-order valence-corrected chi connectivity index (χ0v) is 17.2. The number of hydrogen-bond acceptors (Lipinski definition) is 10. The molecule has 1 aliphatic heterocycles. The van der Waals surface area contributed by atoms with E-state index in [4.69, 9.17) is 5.11 Å². The van der Waals surface area contributed by atoms with Crippen LogP contribution in [0.1, 0.15) is 10.4 Å². The Hall–Kier alpha value is -2.62. The fraction of sp³-hybridized carbons (Fsp3) is 0.471. The normalized spacial score (nSPS) is 22.1. The predicted octanol–water partition coefficient (Wildman–Crippen LogP) is -3.98.